The summed E-state index contributed by atoms with van der Waals surface area (Å²) >= 11 is 0. The van der Waals surface area contributed by atoms with Crippen LogP contribution in [0.15, 0.2) is 11.6 Å². The number of carboxylic acids is 1. The molecule has 0 aliphatic rings. The smallest absolute Gasteiger partial charge is 0.311 e. The van der Waals surface area contributed by atoms with Crippen LogP contribution in [-0.4, -0.2) is 58.4 Å². The maximum atomic E-state index is 12.3. The molecule has 6 nitrogen and oxygen atoms in total. The van der Waals surface area contributed by atoms with Crippen LogP contribution in [0.3, 0.4) is 0 Å². The van der Waals surface area contributed by atoms with Crippen LogP contribution in [0.5, 0.6) is 0 Å². The molecule has 3 N–H and O–H groups in total. The number of aliphatic hydroxyl groups is 2. The molecule has 0 heterocycles. The Kier molecular flexibility index (Phi) is 12.2. The summed E-state index contributed by atoms with van der Waals surface area (Å²) in [6.07, 6.45) is 3.92. The van der Waals surface area contributed by atoms with Crippen molar-refractivity contribution < 1.29 is 24.9 Å². The third-order valence-electron chi connectivity index (χ3n) is 4.51. The number of carbonyl (C=O) groups excluding carboxylic acids is 1. The van der Waals surface area contributed by atoms with Gasteiger partial charge in [-0.1, -0.05) is 39.3 Å². The Morgan fingerprint density at radius 2 is 1.54 bits per heavy atom. The Hall–Kier alpha value is -1.40. The van der Waals surface area contributed by atoms with E-state index in [0.717, 1.165) is 12.8 Å². The molecule has 0 aromatic rings. The summed E-state index contributed by atoms with van der Waals surface area (Å²) in [4.78, 5) is 25.3. The molecule has 0 fully saturated rings. The average molecular weight is 372 g/mol. The molecule has 0 aromatic heterocycles. The maximum Gasteiger partial charge on any atom is 0.311 e. The highest BCUT2D eigenvalue weighted by atomic mass is 16.4. The van der Waals surface area contributed by atoms with Crippen LogP contribution >= 0.6 is 0 Å². The summed E-state index contributed by atoms with van der Waals surface area (Å²) in [7, 11) is 0. The first-order valence-electron chi connectivity index (χ1n) is 9.52. The summed E-state index contributed by atoms with van der Waals surface area (Å²) in [6, 6.07) is 0. The zero-order chi connectivity index (χ0) is 20.3. The molecular weight excluding hydrogens is 334 g/mol. The summed E-state index contributed by atoms with van der Waals surface area (Å²) in [5, 5.41) is 27.6. The largest absolute Gasteiger partial charge is 0.481 e. The minimum Gasteiger partial charge on any atom is -0.481 e. The standard InChI is InChI=1S/C20H37NO5/c1-14(2)10-15(3)11-16(4)12-17(5)18(20(25)26)13-19(24)21(6-8-22)7-9-23/h12,14-16,18,22-23H,6-11,13H2,1-5H3,(H,25,26)/b17-12+. The summed E-state index contributed by atoms with van der Waals surface area (Å²) in [5.74, 6) is -0.840. The monoisotopic (exact) mass is 371 g/mol. The minimum absolute atomic E-state index is 0.0949. The van der Waals surface area contributed by atoms with Crippen LogP contribution in [0.2, 0.25) is 0 Å². The SMILES string of the molecule is C/C(=C\C(C)CC(C)CC(C)C)C(CC(=O)N(CCO)CCO)C(=O)O. The Balaban J connectivity index is 5.00. The normalized spacial score (nSPS) is 15.6. The molecule has 1 amide bonds. The van der Waals surface area contributed by atoms with Crippen LogP contribution in [0.25, 0.3) is 0 Å². The van der Waals surface area contributed by atoms with Crippen LogP contribution in [0, 0.1) is 23.7 Å². The molecule has 0 saturated heterocycles. The summed E-state index contributed by atoms with van der Waals surface area (Å²) in [5.41, 5.74) is 0.683. The van der Waals surface area contributed by atoms with Crippen molar-refractivity contribution in [3.05, 3.63) is 11.6 Å². The predicted molar refractivity (Wildman–Crippen MR) is 103 cm³/mol. The molecule has 0 aromatic carbocycles. The van der Waals surface area contributed by atoms with Gasteiger partial charge in [0.15, 0.2) is 0 Å². The van der Waals surface area contributed by atoms with Gasteiger partial charge in [-0.2, -0.15) is 0 Å². The van der Waals surface area contributed by atoms with E-state index in [0.29, 0.717) is 17.4 Å². The van der Waals surface area contributed by atoms with Crippen molar-refractivity contribution in [2.24, 2.45) is 23.7 Å². The van der Waals surface area contributed by atoms with Crippen molar-refractivity contribution in [1.82, 2.24) is 4.90 Å². The maximum absolute atomic E-state index is 12.3. The molecular formula is C20H37NO5. The number of carboxylic acid groups (broad SMARTS) is 1. The van der Waals surface area contributed by atoms with Gasteiger partial charge in [-0.05, 0) is 37.5 Å². The number of hydrogen-bond donors (Lipinski definition) is 3. The van der Waals surface area contributed by atoms with Crippen LogP contribution in [0.1, 0.15) is 53.9 Å². The van der Waals surface area contributed by atoms with Gasteiger partial charge in [0.2, 0.25) is 5.91 Å². The Bertz CT molecular complexity index is 455. The molecule has 3 unspecified atom stereocenters. The number of nitrogens with zero attached hydrogens (tertiary/aromatic N) is 1. The number of hydrogen-bond acceptors (Lipinski definition) is 4. The van der Waals surface area contributed by atoms with E-state index in [-0.39, 0.29) is 44.5 Å². The van der Waals surface area contributed by atoms with Gasteiger partial charge in [0.1, 0.15) is 0 Å². The molecule has 0 rings (SSSR count). The van der Waals surface area contributed by atoms with E-state index < -0.39 is 11.9 Å². The lowest BCUT2D eigenvalue weighted by atomic mass is 9.87. The fourth-order valence-electron chi connectivity index (χ4n) is 3.52. The number of aliphatic carboxylic acids is 1. The highest BCUT2D eigenvalue weighted by Gasteiger charge is 2.26. The lowest BCUT2D eigenvalue weighted by Crippen LogP contribution is -2.38. The fraction of sp³-hybridized carbons (Fsp3) is 0.800. The van der Waals surface area contributed by atoms with Crippen LogP contribution in [0.4, 0.5) is 0 Å². The lowest BCUT2D eigenvalue weighted by molar-refractivity contribution is -0.144. The molecule has 0 bridgehead atoms. The van der Waals surface area contributed by atoms with E-state index in [4.69, 9.17) is 10.2 Å². The zero-order valence-corrected chi connectivity index (χ0v) is 16.9. The van der Waals surface area contributed by atoms with Gasteiger partial charge < -0.3 is 20.2 Å². The van der Waals surface area contributed by atoms with Gasteiger partial charge in [-0.25, -0.2) is 0 Å². The van der Waals surface area contributed by atoms with E-state index in [9.17, 15) is 14.7 Å². The molecule has 0 radical (unpaired) electrons. The minimum atomic E-state index is -1.03. The van der Waals surface area contributed by atoms with Crippen LogP contribution in [-0.2, 0) is 9.59 Å². The average Bonchev–Trinajstić information content (AvgIpc) is 2.50. The Morgan fingerprint density at radius 3 is 1.96 bits per heavy atom. The quantitative estimate of drug-likeness (QED) is 0.432. The van der Waals surface area contributed by atoms with Crippen molar-refractivity contribution in [2.45, 2.75) is 53.9 Å². The molecule has 3 atom stereocenters. The van der Waals surface area contributed by atoms with E-state index in [2.05, 4.69) is 27.7 Å². The molecule has 0 aliphatic carbocycles. The molecule has 152 valence electrons. The van der Waals surface area contributed by atoms with Gasteiger partial charge in [0.25, 0.3) is 0 Å². The number of rotatable bonds is 13. The number of amides is 1. The van der Waals surface area contributed by atoms with Gasteiger partial charge in [-0.3, -0.25) is 9.59 Å². The number of carbonyl (C=O) groups is 2. The number of aliphatic hydroxyl groups excluding tert-OH is 2. The number of allylic oxidation sites excluding steroid dienone is 1. The topological polar surface area (TPSA) is 98.1 Å². The van der Waals surface area contributed by atoms with Gasteiger partial charge in [0.05, 0.1) is 19.1 Å². The Labute approximate surface area is 157 Å². The first kappa shape index (κ1) is 24.6. The predicted octanol–water partition coefficient (Wildman–Crippen LogP) is 2.55. The third kappa shape index (κ3) is 9.92. The van der Waals surface area contributed by atoms with Crippen molar-refractivity contribution >= 4 is 11.9 Å². The van der Waals surface area contributed by atoms with E-state index >= 15 is 0 Å². The second kappa shape index (κ2) is 12.9. The molecule has 26 heavy (non-hydrogen) atoms. The van der Waals surface area contributed by atoms with Gasteiger partial charge in [0, 0.05) is 19.5 Å². The summed E-state index contributed by atoms with van der Waals surface area (Å²) < 4.78 is 0. The van der Waals surface area contributed by atoms with Gasteiger partial charge >= 0.3 is 5.97 Å². The molecule has 6 heteroatoms. The molecule has 0 spiro atoms. The van der Waals surface area contributed by atoms with E-state index in [1.54, 1.807) is 6.92 Å². The second-order valence-corrected chi connectivity index (χ2v) is 7.78. The summed E-state index contributed by atoms with van der Waals surface area (Å²) in [6.45, 7) is 10.2. The Morgan fingerprint density at radius 1 is 1.00 bits per heavy atom. The van der Waals surface area contributed by atoms with Crippen LogP contribution < -0.4 is 0 Å². The first-order valence-corrected chi connectivity index (χ1v) is 9.52. The third-order valence-corrected chi connectivity index (χ3v) is 4.51. The van der Waals surface area contributed by atoms with Gasteiger partial charge in [-0.15, -0.1) is 0 Å². The second-order valence-electron chi connectivity index (χ2n) is 7.78. The zero-order valence-electron chi connectivity index (χ0n) is 16.9. The van der Waals surface area contributed by atoms with Crippen molar-refractivity contribution in [1.29, 1.82) is 0 Å². The van der Waals surface area contributed by atoms with E-state index in [1.807, 2.05) is 6.08 Å². The van der Waals surface area contributed by atoms with E-state index in [1.165, 1.54) is 4.90 Å². The van der Waals surface area contributed by atoms with Crippen molar-refractivity contribution in [3.8, 4) is 0 Å². The van der Waals surface area contributed by atoms with Crippen molar-refractivity contribution in [2.75, 3.05) is 26.3 Å². The highest BCUT2D eigenvalue weighted by Crippen LogP contribution is 2.24. The van der Waals surface area contributed by atoms with Crippen molar-refractivity contribution in [3.63, 3.8) is 0 Å². The molecule has 0 aliphatic heterocycles. The lowest BCUT2D eigenvalue weighted by Gasteiger charge is -2.23. The molecule has 0 saturated carbocycles. The first-order chi connectivity index (χ1) is 12.1. The highest BCUT2D eigenvalue weighted by molar-refractivity contribution is 5.84. The fourth-order valence-corrected chi connectivity index (χ4v) is 3.52.